The average molecular weight is 191 g/mol. The van der Waals surface area contributed by atoms with Gasteiger partial charge >= 0.3 is 0 Å². The van der Waals surface area contributed by atoms with Crippen molar-refractivity contribution < 1.29 is 4.74 Å². The quantitative estimate of drug-likeness (QED) is 0.554. The molecule has 0 spiro atoms. The van der Waals surface area contributed by atoms with Crippen molar-refractivity contribution in [1.82, 2.24) is 0 Å². The van der Waals surface area contributed by atoms with Crippen molar-refractivity contribution in [2.24, 2.45) is 0 Å². The fourth-order valence-corrected chi connectivity index (χ4v) is 1.09. The molecule has 0 aliphatic carbocycles. The third kappa shape index (κ3) is 2.64. The molecular weight excluding hydrogens is 178 g/mol. The summed E-state index contributed by atoms with van der Waals surface area (Å²) in [6.45, 7) is 1.26. The Balaban J connectivity index is 2.73. The van der Waals surface area contributed by atoms with Gasteiger partial charge in [-0.15, -0.1) is 0 Å². The largest absolute Gasteiger partial charge is 0.399 e. The molecule has 3 N–H and O–H groups in total. The molecule has 0 amide bonds. The molecule has 0 aliphatic heterocycles. The molecule has 14 heavy (non-hydrogen) atoms. The molecule has 0 unspecified atom stereocenters. The summed E-state index contributed by atoms with van der Waals surface area (Å²) in [5.41, 5.74) is 7.60. The van der Waals surface area contributed by atoms with Gasteiger partial charge < -0.3 is 15.8 Å². The fourth-order valence-electron chi connectivity index (χ4n) is 1.09. The lowest BCUT2D eigenvalue weighted by Crippen LogP contribution is -2.08. The maximum Gasteiger partial charge on any atom is 0.101 e. The third-order valence-corrected chi connectivity index (χ3v) is 1.79. The number of benzene rings is 1. The highest BCUT2D eigenvalue weighted by molar-refractivity contribution is 5.63. The predicted octanol–water partition coefficient (Wildman–Crippen LogP) is 1.20. The first-order chi connectivity index (χ1) is 6.77. The van der Waals surface area contributed by atoms with E-state index in [1.165, 1.54) is 0 Å². The Bertz CT molecular complexity index is 344. The molecule has 0 aromatic heterocycles. The summed E-state index contributed by atoms with van der Waals surface area (Å²) >= 11 is 0. The minimum atomic E-state index is 0.593. The van der Waals surface area contributed by atoms with Crippen molar-refractivity contribution in [2.75, 3.05) is 31.3 Å². The average Bonchev–Trinajstić information content (AvgIpc) is 2.19. The molecule has 0 atom stereocenters. The van der Waals surface area contributed by atoms with E-state index in [-0.39, 0.29) is 0 Å². The molecule has 1 rings (SSSR count). The molecule has 4 nitrogen and oxygen atoms in total. The van der Waals surface area contributed by atoms with Crippen LogP contribution in [-0.4, -0.2) is 20.3 Å². The van der Waals surface area contributed by atoms with Crippen LogP contribution in [0, 0.1) is 11.3 Å². The molecule has 4 heteroatoms. The first-order valence-corrected chi connectivity index (χ1v) is 4.30. The number of ether oxygens (including phenoxy) is 1. The third-order valence-electron chi connectivity index (χ3n) is 1.79. The normalized spacial score (nSPS) is 9.43. The second-order valence-electron chi connectivity index (χ2n) is 2.84. The topological polar surface area (TPSA) is 71.1 Å². The Hall–Kier alpha value is -1.73. The molecule has 0 radical (unpaired) electrons. The summed E-state index contributed by atoms with van der Waals surface area (Å²) in [7, 11) is 1.63. The number of hydrogen-bond donors (Lipinski definition) is 2. The van der Waals surface area contributed by atoms with Gasteiger partial charge in [0.1, 0.15) is 6.07 Å². The van der Waals surface area contributed by atoms with E-state index in [0.29, 0.717) is 24.4 Å². The van der Waals surface area contributed by atoms with Crippen LogP contribution in [0.15, 0.2) is 18.2 Å². The molecule has 0 bridgehead atoms. The SMILES string of the molecule is COCCNc1cc(N)ccc1C#N. The van der Waals surface area contributed by atoms with Crippen LogP contribution in [-0.2, 0) is 4.74 Å². The number of methoxy groups -OCH3 is 1. The molecule has 74 valence electrons. The first-order valence-electron chi connectivity index (χ1n) is 4.30. The Kier molecular flexibility index (Phi) is 3.77. The molecule has 1 aromatic carbocycles. The van der Waals surface area contributed by atoms with Crippen LogP contribution in [0.25, 0.3) is 0 Å². The number of nitriles is 1. The van der Waals surface area contributed by atoms with Crippen molar-refractivity contribution in [3.63, 3.8) is 0 Å². The first kappa shape index (κ1) is 10.4. The van der Waals surface area contributed by atoms with Gasteiger partial charge in [0, 0.05) is 19.3 Å². The van der Waals surface area contributed by atoms with E-state index < -0.39 is 0 Å². The predicted molar refractivity (Wildman–Crippen MR) is 55.9 cm³/mol. The van der Waals surface area contributed by atoms with E-state index >= 15 is 0 Å². The van der Waals surface area contributed by atoms with Gasteiger partial charge in [-0.05, 0) is 18.2 Å². The van der Waals surface area contributed by atoms with Gasteiger partial charge in [-0.2, -0.15) is 5.26 Å². The number of nitrogen functional groups attached to an aromatic ring is 1. The summed E-state index contributed by atoms with van der Waals surface area (Å²) in [6, 6.07) is 7.24. The van der Waals surface area contributed by atoms with Gasteiger partial charge in [0.2, 0.25) is 0 Å². The molecule has 1 aromatic rings. The standard InChI is InChI=1S/C10H13N3O/c1-14-5-4-13-10-6-9(12)3-2-8(10)7-11/h2-3,6,13H,4-5,12H2,1H3. The molecule has 0 saturated carbocycles. The minimum absolute atomic E-state index is 0.593. The van der Waals surface area contributed by atoms with Crippen molar-refractivity contribution in [2.45, 2.75) is 0 Å². The number of hydrogen-bond acceptors (Lipinski definition) is 4. The smallest absolute Gasteiger partial charge is 0.101 e. The zero-order valence-corrected chi connectivity index (χ0v) is 8.08. The van der Waals surface area contributed by atoms with Crippen LogP contribution in [0.2, 0.25) is 0 Å². The van der Waals surface area contributed by atoms with Crippen LogP contribution >= 0.6 is 0 Å². The van der Waals surface area contributed by atoms with Crippen molar-refractivity contribution in [3.8, 4) is 6.07 Å². The number of anilines is 2. The maximum absolute atomic E-state index is 8.80. The molecule has 0 heterocycles. The van der Waals surface area contributed by atoms with Crippen LogP contribution < -0.4 is 11.1 Å². The second kappa shape index (κ2) is 5.10. The number of rotatable bonds is 4. The summed E-state index contributed by atoms with van der Waals surface area (Å²) in [6.07, 6.45) is 0. The molecular formula is C10H13N3O. The van der Waals surface area contributed by atoms with E-state index in [2.05, 4.69) is 11.4 Å². The summed E-state index contributed by atoms with van der Waals surface area (Å²) in [5, 5.41) is 11.9. The van der Waals surface area contributed by atoms with E-state index in [9.17, 15) is 0 Å². The zero-order chi connectivity index (χ0) is 10.4. The highest BCUT2D eigenvalue weighted by Crippen LogP contribution is 2.17. The van der Waals surface area contributed by atoms with Crippen LogP contribution in [0.3, 0.4) is 0 Å². The maximum atomic E-state index is 8.80. The van der Waals surface area contributed by atoms with E-state index in [1.807, 2.05) is 0 Å². The van der Waals surface area contributed by atoms with Crippen molar-refractivity contribution in [1.29, 1.82) is 5.26 Å². The van der Waals surface area contributed by atoms with Gasteiger partial charge in [-0.3, -0.25) is 0 Å². The highest BCUT2D eigenvalue weighted by atomic mass is 16.5. The van der Waals surface area contributed by atoms with Gasteiger partial charge in [0.15, 0.2) is 0 Å². The summed E-state index contributed by atoms with van der Waals surface area (Å²) in [5.74, 6) is 0. The van der Waals surface area contributed by atoms with Gasteiger partial charge in [0.25, 0.3) is 0 Å². The Labute approximate surface area is 83.3 Å². The summed E-state index contributed by atoms with van der Waals surface area (Å²) < 4.78 is 4.89. The highest BCUT2D eigenvalue weighted by Gasteiger charge is 2.00. The minimum Gasteiger partial charge on any atom is -0.399 e. The van der Waals surface area contributed by atoms with Crippen LogP contribution in [0.4, 0.5) is 11.4 Å². The van der Waals surface area contributed by atoms with Gasteiger partial charge in [0.05, 0.1) is 17.9 Å². The zero-order valence-electron chi connectivity index (χ0n) is 8.08. The summed E-state index contributed by atoms with van der Waals surface area (Å²) in [4.78, 5) is 0. The van der Waals surface area contributed by atoms with E-state index in [1.54, 1.807) is 25.3 Å². The Morgan fingerprint density at radius 2 is 2.36 bits per heavy atom. The van der Waals surface area contributed by atoms with Crippen LogP contribution in [0.5, 0.6) is 0 Å². The lowest BCUT2D eigenvalue weighted by molar-refractivity contribution is 0.211. The molecule has 0 aliphatic rings. The van der Waals surface area contributed by atoms with E-state index in [4.69, 9.17) is 15.7 Å². The van der Waals surface area contributed by atoms with Crippen molar-refractivity contribution >= 4 is 11.4 Å². The second-order valence-corrected chi connectivity index (χ2v) is 2.84. The molecule has 0 fully saturated rings. The Morgan fingerprint density at radius 3 is 3.00 bits per heavy atom. The monoisotopic (exact) mass is 191 g/mol. The lowest BCUT2D eigenvalue weighted by Gasteiger charge is -2.07. The lowest BCUT2D eigenvalue weighted by atomic mass is 10.2. The number of nitrogens with two attached hydrogens (primary N) is 1. The van der Waals surface area contributed by atoms with Gasteiger partial charge in [-0.1, -0.05) is 0 Å². The fraction of sp³-hybridized carbons (Fsp3) is 0.300. The number of nitrogens with zero attached hydrogens (tertiary/aromatic N) is 1. The van der Waals surface area contributed by atoms with Crippen molar-refractivity contribution in [3.05, 3.63) is 23.8 Å². The molecule has 0 saturated heterocycles. The van der Waals surface area contributed by atoms with E-state index in [0.717, 1.165) is 5.69 Å². The van der Waals surface area contributed by atoms with Gasteiger partial charge in [-0.25, -0.2) is 0 Å². The Morgan fingerprint density at radius 1 is 1.57 bits per heavy atom. The number of nitrogens with one attached hydrogen (secondary N) is 1. The van der Waals surface area contributed by atoms with Crippen LogP contribution in [0.1, 0.15) is 5.56 Å².